The first-order valence-electron chi connectivity index (χ1n) is 10.3. The number of halogens is 3. The molecule has 0 spiro atoms. The number of fused-ring (bicyclic) bond motifs is 1. The number of anilines is 1. The minimum atomic E-state index is -5.29. The van der Waals surface area contributed by atoms with Crippen molar-refractivity contribution in [2.24, 2.45) is 0 Å². The summed E-state index contributed by atoms with van der Waals surface area (Å²) in [6.45, 7) is 0.236. The van der Waals surface area contributed by atoms with Gasteiger partial charge in [-0.05, 0) is 50.3 Å². The number of carbonyl (C=O) groups excluding carboxylic acids is 2. The highest BCUT2D eigenvalue weighted by molar-refractivity contribution is 7.16. The Labute approximate surface area is 192 Å². The zero-order chi connectivity index (χ0) is 24.1. The third kappa shape index (κ3) is 5.22. The lowest BCUT2D eigenvalue weighted by Gasteiger charge is -2.35. The molecule has 2 N–H and O–H groups in total. The van der Waals surface area contributed by atoms with Crippen LogP contribution in [0.25, 0.3) is 0 Å². The lowest BCUT2D eigenvalue weighted by atomic mass is 9.96. The van der Waals surface area contributed by atoms with Crippen molar-refractivity contribution in [3.8, 4) is 11.8 Å². The molecule has 1 heterocycles. The number of aryl methyl sites for hydroxylation is 1. The second kappa shape index (κ2) is 10.1. The van der Waals surface area contributed by atoms with Gasteiger partial charge in [-0.1, -0.05) is 18.2 Å². The predicted molar refractivity (Wildman–Crippen MR) is 115 cm³/mol. The minimum Gasteiger partial charge on any atom is -0.484 e. The maximum absolute atomic E-state index is 14.4. The van der Waals surface area contributed by atoms with E-state index in [4.69, 9.17) is 9.47 Å². The Bertz CT molecular complexity index is 1050. The number of nitrogens with one attached hydrogen (secondary N) is 2. The van der Waals surface area contributed by atoms with E-state index in [1.165, 1.54) is 19.1 Å². The van der Waals surface area contributed by atoms with Gasteiger partial charge in [-0.3, -0.25) is 4.79 Å². The third-order valence-corrected chi connectivity index (χ3v) is 6.24. The first-order chi connectivity index (χ1) is 15.7. The number of hydrogen-bond donors (Lipinski definition) is 2. The summed E-state index contributed by atoms with van der Waals surface area (Å²) in [5.74, 6) is -2.66. The van der Waals surface area contributed by atoms with E-state index in [0.717, 1.165) is 29.1 Å². The first kappa shape index (κ1) is 24.4. The van der Waals surface area contributed by atoms with Gasteiger partial charge in [-0.2, -0.15) is 18.4 Å². The van der Waals surface area contributed by atoms with Gasteiger partial charge in [-0.15, -0.1) is 11.3 Å². The lowest BCUT2D eigenvalue weighted by Crippen LogP contribution is -2.69. The molecule has 1 unspecified atom stereocenters. The Morgan fingerprint density at radius 1 is 1.18 bits per heavy atom. The van der Waals surface area contributed by atoms with Crippen LogP contribution in [0.2, 0.25) is 0 Å². The summed E-state index contributed by atoms with van der Waals surface area (Å²) in [4.78, 5) is 25.9. The van der Waals surface area contributed by atoms with Crippen molar-refractivity contribution >= 4 is 28.2 Å². The Balaban J connectivity index is 1.95. The predicted octanol–water partition coefficient (Wildman–Crippen LogP) is 3.93. The van der Waals surface area contributed by atoms with Crippen LogP contribution in [0.4, 0.5) is 18.2 Å². The van der Waals surface area contributed by atoms with E-state index in [0.29, 0.717) is 18.4 Å². The van der Waals surface area contributed by atoms with Crippen molar-refractivity contribution in [1.29, 1.82) is 5.26 Å². The SMILES string of the molecule is CCOC(=O)C(NC(=O)COc1ccccc1)(Nc1sc2c(c1C#N)CCCC2)C(F)(F)F. The fourth-order valence-electron chi connectivity index (χ4n) is 3.48. The topological polar surface area (TPSA) is 100 Å². The van der Waals surface area contributed by atoms with Crippen LogP contribution in [-0.2, 0) is 27.2 Å². The van der Waals surface area contributed by atoms with Crippen molar-refractivity contribution in [2.45, 2.75) is 44.4 Å². The zero-order valence-corrected chi connectivity index (χ0v) is 18.6. The summed E-state index contributed by atoms with van der Waals surface area (Å²) in [7, 11) is 0. The number of benzene rings is 1. The number of para-hydroxylation sites is 1. The summed E-state index contributed by atoms with van der Waals surface area (Å²) in [5, 5.41) is 13.3. The molecule has 7 nitrogen and oxygen atoms in total. The molecule has 0 saturated heterocycles. The number of thiophene rings is 1. The van der Waals surface area contributed by atoms with Crippen LogP contribution < -0.4 is 15.4 Å². The fourth-order valence-corrected chi connectivity index (χ4v) is 4.78. The van der Waals surface area contributed by atoms with Crippen LogP contribution in [-0.4, -0.2) is 36.9 Å². The highest BCUT2D eigenvalue weighted by Gasteiger charge is 2.64. The van der Waals surface area contributed by atoms with E-state index in [-0.39, 0.29) is 22.9 Å². The first-order valence-corrected chi connectivity index (χ1v) is 11.1. The minimum absolute atomic E-state index is 0.0439. The average molecular weight is 481 g/mol. The number of alkyl halides is 3. The molecule has 0 saturated carbocycles. The lowest BCUT2D eigenvalue weighted by molar-refractivity contribution is -0.208. The van der Waals surface area contributed by atoms with E-state index in [1.807, 2.05) is 6.07 Å². The Kier molecular flexibility index (Phi) is 7.48. The van der Waals surface area contributed by atoms with E-state index < -0.39 is 30.3 Å². The number of hydrogen-bond acceptors (Lipinski definition) is 7. The molecule has 3 rings (SSSR count). The molecular formula is C22H22F3N3O4S. The molecule has 1 aromatic heterocycles. The van der Waals surface area contributed by atoms with Crippen LogP contribution in [0.1, 0.15) is 35.8 Å². The van der Waals surface area contributed by atoms with Gasteiger partial charge in [-0.25, -0.2) is 4.79 Å². The van der Waals surface area contributed by atoms with E-state index in [2.05, 4.69) is 5.32 Å². The maximum atomic E-state index is 14.4. The molecule has 1 aliphatic carbocycles. The van der Waals surface area contributed by atoms with Crippen LogP contribution >= 0.6 is 11.3 Å². The van der Waals surface area contributed by atoms with Crippen molar-refractivity contribution < 1.29 is 32.2 Å². The van der Waals surface area contributed by atoms with Gasteiger partial charge in [0.1, 0.15) is 16.8 Å². The highest BCUT2D eigenvalue weighted by atomic mass is 32.1. The van der Waals surface area contributed by atoms with Gasteiger partial charge in [0.25, 0.3) is 5.91 Å². The molecule has 176 valence electrons. The Hall–Kier alpha value is -3.26. The summed E-state index contributed by atoms with van der Waals surface area (Å²) in [6, 6.07) is 9.98. The third-order valence-electron chi connectivity index (χ3n) is 5.03. The molecule has 11 heteroatoms. The molecule has 0 fully saturated rings. The van der Waals surface area contributed by atoms with E-state index in [9.17, 15) is 28.0 Å². The van der Waals surface area contributed by atoms with Gasteiger partial charge in [0, 0.05) is 4.88 Å². The second-order valence-electron chi connectivity index (χ2n) is 7.27. The largest absolute Gasteiger partial charge is 0.484 e. The molecule has 33 heavy (non-hydrogen) atoms. The number of ether oxygens (including phenoxy) is 2. The smallest absolute Gasteiger partial charge is 0.441 e. The Morgan fingerprint density at radius 3 is 2.52 bits per heavy atom. The quantitative estimate of drug-likeness (QED) is 0.438. The van der Waals surface area contributed by atoms with Crippen molar-refractivity contribution in [3.63, 3.8) is 0 Å². The summed E-state index contributed by atoms with van der Waals surface area (Å²) in [6.07, 6.45) is -2.43. The van der Waals surface area contributed by atoms with Gasteiger partial charge in [0.05, 0.1) is 12.2 Å². The number of amides is 1. The van der Waals surface area contributed by atoms with Crippen molar-refractivity contribution in [2.75, 3.05) is 18.5 Å². The molecule has 1 atom stereocenters. The van der Waals surface area contributed by atoms with Gasteiger partial charge in [0.15, 0.2) is 6.61 Å². The molecule has 0 radical (unpaired) electrons. The number of nitrogens with zero attached hydrogens (tertiary/aromatic N) is 1. The van der Waals surface area contributed by atoms with Crippen molar-refractivity contribution in [3.05, 3.63) is 46.3 Å². The van der Waals surface area contributed by atoms with Gasteiger partial charge in [0.2, 0.25) is 0 Å². The average Bonchev–Trinajstić information content (AvgIpc) is 3.14. The molecule has 0 bridgehead atoms. The van der Waals surface area contributed by atoms with Crippen LogP contribution in [0.5, 0.6) is 5.75 Å². The van der Waals surface area contributed by atoms with Crippen LogP contribution in [0.15, 0.2) is 30.3 Å². The molecule has 2 aromatic rings. The maximum Gasteiger partial charge on any atom is 0.441 e. The fraction of sp³-hybridized carbons (Fsp3) is 0.409. The van der Waals surface area contributed by atoms with Crippen molar-refractivity contribution in [1.82, 2.24) is 5.32 Å². The van der Waals surface area contributed by atoms with Gasteiger partial charge < -0.3 is 20.1 Å². The van der Waals surface area contributed by atoms with E-state index in [1.54, 1.807) is 23.5 Å². The second-order valence-corrected chi connectivity index (χ2v) is 8.38. The van der Waals surface area contributed by atoms with Gasteiger partial charge >= 0.3 is 17.8 Å². The summed E-state index contributed by atoms with van der Waals surface area (Å²) in [5.41, 5.74) is -2.88. The molecule has 1 aromatic carbocycles. The summed E-state index contributed by atoms with van der Waals surface area (Å²) < 4.78 is 53.0. The summed E-state index contributed by atoms with van der Waals surface area (Å²) >= 11 is 0.978. The number of esters is 1. The molecule has 1 amide bonds. The number of carbonyl (C=O) groups is 2. The Morgan fingerprint density at radius 2 is 1.88 bits per heavy atom. The van der Waals surface area contributed by atoms with Crippen LogP contribution in [0.3, 0.4) is 0 Å². The number of nitriles is 1. The molecular weight excluding hydrogens is 459 g/mol. The standard InChI is InChI=1S/C22H22F3N3O4S/c1-2-31-20(30)21(22(23,24)25,27-18(29)13-32-14-8-4-3-5-9-14)28-19-16(12-26)15-10-6-7-11-17(15)33-19/h3-5,8-9,28H,2,6-7,10-11,13H2,1H3,(H,27,29). The zero-order valence-electron chi connectivity index (χ0n) is 17.8. The van der Waals surface area contributed by atoms with Crippen LogP contribution in [0, 0.1) is 11.3 Å². The monoisotopic (exact) mass is 481 g/mol. The highest BCUT2D eigenvalue weighted by Crippen LogP contribution is 2.41. The molecule has 0 aliphatic heterocycles. The molecule has 1 aliphatic rings. The normalized spacial score (nSPS) is 14.9. The van der Waals surface area contributed by atoms with E-state index >= 15 is 0 Å². The number of rotatable bonds is 8.